The topological polar surface area (TPSA) is 76.3 Å². The molecule has 116 valence electrons. The van der Waals surface area contributed by atoms with Crippen LogP contribution in [0.5, 0.6) is 0 Å². The fourth-order valence-corrected chi connectivity index (χ4v) is 1.91. The summed E-state index contributed by atoms with van der Waals surface area (Å²) in [5.74, 6) is 0. The molecule has 2 atom stereocenters. The van der Waals surface area contributed by atoms with Crippen molar-refractivity contribution < 1.29 is 15.3 Å². The first-order valence-corrected chi connectivity index (χ1v) is 7.08. The third-order valence-electron chi connectivity index (χ3n) is 3.17. The van der Waals surface area contributed by atoms with Gasteiger partial charge in [0.1, 0.15) is 12.2 Å². The van der Waals surface area contributed by atoms with Gasteiger partial charge in [0.15, 0.2) is 0 Å². The largest absolute Gasteiger partial charge is 0.394 e. The standard InChI is InChI=1S/C17H20N2O3/c20-13-17(22)16(21)11-18-19(15-9-5-2-6-10-15)12-14-7-3-1-4-8-14/h1-11,16-17,20-22H,12-13H2/b18-11-/t16-,17-/m1/s1. The number of nitrogens with zero attached hydrogens (tertiary/aromatic N) is 2. The van der Waals surface area contributed by atoms with Gasteiger partial charge in [-0.15, -0.1) is 0 Å². The Morgan fingerprint density at radius 3 is 2.14 bits per heavy atom. The van der Waals surface area contributed by atoms with Crippen molar-refractivity contribution in [2.75, 3.05) is 11.6 Å². The highest BCUT2D eigenvalue weighted by molar-refractivity contribution is 5.65. The molecule has 0 spiro atoms. The van der Waals surface area contributed by atoms with Gasteiger partial charge in [-0.3, -0.25) is 5.01 Å². The highest BCUT2D eigenvalue weighted by Crippen LogP contribution is 2.17. The molecule has 0 saturated carbocycles. The summed E-state index contributed by atoms with van der Waals surface area (Å²) >= 11 is 0. The van der Waals surface area contributed by atoms with Crippen molar-refractivity contribution in [3.63, 3.8) is 0 Å². The number of rotatable bonds is 7. The van der Waals surface area contributed by atoms with Gasteiger partial charge in [-0.2, -0.15) is 5.10 Å². The van der Waals surface area contributed by atoms with Gasteiger partial charge in [0.05, 0.1) is 25.1 Å². The molecule has 22 heavy (non-hydrogen) atoms. The average molecular weight is 300 g/mol. The Kier molecular flexibility index (Phi) is 6.09. The Balaban J connectivity index is 2.17. The summed E-state index contributed by atoms with van der Waals surface area (Å²) in [5, 5.41) is 33.9. The lowest BCUT2D eigenvalue weighted by Gasteiger charge is -2.20. The minimum Gasteiger partial charge on any atom is -0.394 e. The summed E-state index contributed by atoms with van der Waals surface area (Å²) in [5.41, 5.74) is 1.94. The predicted octanol–water partition coefficient (Wildman–Crippen LogP) is 1.39. The number of hydrogen-bond acceptors (Lipinski definition) is 5. The number of aliphatic hydroxyl groups excluding tert-OH is 3. The molecule has 2 aromatic rings. The van der Waals surface area contributed by atoms with E-state index < -0.39 is 18.8 Å². The highest BCUT2D eigenvalue weighted by Gasteiger charge is 2.13. The number of hydrogen-bond donors (Lipinski definition) is 3. The lowest BCUT2D eigenvalue weighted by molar-refractivity contribution is 0.0203. The first-order valence-electron chi connectivity index (χ1n) is 7.08. The van der Waals surface area contributed by atoms with Crippen LogP contribution in [0.15, 0.2) is 65.8 Å². The molecule has 0 unspecified atom stereocenters. The minimum atomic E-state index is -1.24. The van der Waals surface area contributed by atoms with E-state index >= 15 is 0 Å². The Bertz CT molecular complexity index is 575. The summed E-state index contributed by atoms with van der Waals surface area (Å²) in [6, 6.07) is 19.4. The molecule has 0 saturated heterocycles. The van der Waals surface area contributed by atoms with E-state index in [1.54, 1.807) is 5.01 Å². The van der Waals surface area contributed by atoms with Crippen LogP contribution < -0.4 is 5.01 Å². The monoisotopic (exact) mass is 300 g/mol. The van der Waals surface area contributed by atoms with Gasteiger partial charge in [0.2, 0.25) is 0 Å². The second-order valence-corrected chi connectivity index (χ2v) is 4.88. The Hall–Kier alpha value is -2.21. The van der Waals surface area contributed by atoms with Gasteiger partial charge < -0.3 is 15.3 Å². The maximum absolute atomic E-state index is 9.69. The third kappa shape index (κ3) is 4.66. The SMILES string of the molecule is OC[C@@H](O)[C@H](O)/C=N\N(Cc1ccccc1)c1ccccc1. The summed E-state index contributed by atoms with van der Waals surface area (Å²) < 4.78 is 0. The van der Waals surface area contributed by atoms with Crippen molar-refractivity contribution in [2.24, 2.45) is 5.10 Å². The molecule has 0 fully saturated rings. The highest BCUT2D eigenvalue weighted by atomic mass is 16.4. The van der Waals surface area contributed by atoms with Gasteiger partial charge in [-0.05, 0) is 17.7 Å². The summed E-state index contributed by atoms with van der Waals surface area (Å²) in [6.45, 7) is 0.0144. The molecule has 0 radical (unpaired) electrons. The van der Waals surface area contributed by atoms with E-state index in [4.69, 9.17) is 5.11 Å². The van der Waals surface area contributed by atoms with Crippen LogP contribution in [-0.4, -0.2) is 40.3 Å². The van der Waals surface area contributed by atoms with E-state index in [1.165, 1.54) is 6.21 Å². The predicted molar refractivity (Wildman–Crippen MR) is 86.7 cm³/mol. The van der Waals surface area contributed by atoms with Gasteiger partial charge in [-0.25, -0.2) is 0 Å². The third-order valence-corrected chi connectivity index (χ3v) is 3.17. The van der Waals surface area contributed by atoms with E-state index in [2.05, 4.69) is 5.10 Å². The molecule has 2 aromatic carbocycles. The molecular formula is C17H20N2O3. The average Bonchev–Trinajstić information content (AvgIpc) is 2.59. The summed E-state index contributed by atoms with van der Waals surface area (Å²) in [7, 11) is 0. The van der Waals surface area contributed by atoms with Crippen molar-refractivity contribution in [1.82, 2.24) is 0 Å². The van der Waals surface area contributed by atoms with E-state index in [9.17, 15) is 10.2 Å². The van der Waals surface area contributed by atoms with E-state index in [0.717, 1.165) is 11.3 Å². The molecule has 0 aliphatic heterocycles. The second kappa shape index (κ2) is 8.29. The maximum Gasteiger partial charge on any atom is 0.119 e. The van der Waals surface area contributed by atoms with Gasteiger partial charge in [0.25, 0.3) is 0 Å². The lowest BCUT2D eigenvalue weighted by atomic mass is 10.2. The number of anilines is 1. The van der Waals surface area contributed by atoms with Crippen LogP contribution in [0, 0.1) is 0 Å². The van der Waals surface area contributed by atoms with Crippen LogP contribution in [0.1, 0.15) is 5.56 Å². The van der Waals surface area contributed by atoms with Gasteiger partial charge in [-0.1, -0.05) is 48.5 Å². The van der Waals surface area contributed by atoms with Crippen molar-refractivity contribution >= 4 is 11.9 Å². The zero-order valence-corrected chi connectivity index (χ0v) is 12.2. The van der Waals surface area contributed by atoms with Gasteiger partial charge >= 0.3 is 0 Å². The normalized spacial score (nSPS) is 14.0. The van der Waals surface area contributed by atoms with Crippen LogP contribution in [0.2, 0.25) is 0 Å². The Morgan fingerprint density at radius 2 is 1.55 bits per heavy atom. The van der Waals surface area contributed by atoms with E-state index in [0.29, 0.717) is 6.54 Å². The van der Waals surface area contributed by atoms with Crippen LogP contribution in [-0.2, 0) is 6.54 Å². The summed E-state index contributed by atoms with van der Waals surface area (Å²) in [4.78, 5) is 0. The van der Waals surface area contributed by atoms with Crippen molar-refractivity contribution in [2.45, 2.75) is 18.8 Å². The number of para-hydroxylation sites is 1. The minimum absolute atomic E-state index is 0.517. The van der Waals surface area contributed by atoms with Crippen molar-refractivity contribution in [3.05, 3.63) is 66.2 Å². The lowest BCUT2D eigenvalue weighted by Crippen LogP contribution is -2.31. The molecule has 5 heteroatoms. The van der Waals surface area contributed by atoms with Crippen LogP contribution in [0.4, 0.5) is 5.69 Å². The van der Waals surface area contributed by atoms with E-state index in [-0.39, 0.29) is 0 Å². The van der Waals surface area contributed by atoms with Crippen molar-refractivity contribution in [3.8, 4) is 0 Å². The number of hydrazone groups is 1. The van der Waals surface area contributed by atoms with Crippen LogP contribution >= 0.6 is 0 Å². The first-order chi connectivity index (χ1) is 10.7. The molecule has 0 aliphatic rings. The fourth-order valence-electron chi connectivity index (χ4n) is 1.91. The Labute approximate surface area is 129 Å². The maximum atomic E-state index is 9.69. The zero-order valence-electron chi connectivity index (χ0n) is 12.2. The summed E-state index contributed by atoms with van der Waals surface area (Å²) in [6.07, 6.45) is -1.22. The zero-order chi connectivity index (χ0) is 15.8. The number of benzene rings is 2. The smallest absolute Gasteiger partial charge is 0.119 e. The molecule has 0 amide bonds. The van der Waals surface area contributed by atoms with E-state index in [1.807, 2.05) is 60.7 Å². The molecule has 0 aliphatic carbocycles. The van der Waals surface area contributed by atoms with Crippen LogP contribution in [0.3, 0.4) is 0 Å². The second-order valence-electron chi connectivity index (χ2n) is 4.88. The van der Waals surface area contributed by atoms with Crippen LogP contribution in [0.25, 0.3) is 0 Å². The molecular weight excluding hydrogens is 280 g/mol. The molecule has 0 aromatic heterocycles. The molecule has 2 rings (SSSR count). The molecule has 5 nitrogen and oxygen atoms in total. The van der Waals surface area contributed by atoms with Gasteiger partial charge in [0, 0.05) is 0 Å². The molecule has 0 bridgehead atoms. The fraction of sp³-hybridized carbons (Fsp3) is 0.235. The molecule has 0 heterocycles. The number of aliphatic hydroxyl groups is 3. The Morgan fingerprint density at radius 1 is 0.955 bits per heavy atom. The molecule has 3 N–H and O–H groups in total. The quantitative estimate of drug-likeness (QED) is 0.533. The first kappa shape index (κ1) is 16.2. The van der Waals surface area contributed by atoms with Crippen molar-refractivity contribution in [1.29, 1.82) is 0 Å².